The minimum Gasteiger partial charge on any atom is -0.389 e. The highest BCUT2D eigenvalue weighted by Crippen LogP contribution is 2.12. The van der Waals surface area contributed by atoms with Crippen LogP contribution in [0.15, 0.2) is 28.7 Å². The highest BCUT2D eigenvalue weighted by Gasteiger charge is 2.17. The summed E-state index contributed by atoms with van der Waals surface area (Å²) in [5.74, 6) is 0.0538. The normalized spacial score (nSPS) is 11.9. The van der Waals surface area contributed by atoms with Crippen molar-refractivity contribution in [2.24, 2.45) is 0 Å². The van der Waals surface area contributed by atoms with Gasteiger partial charge >= 0.3 is 0 Å². The Morgan fingerprint density at radius 1 is 1.47 bits per heavy atom. The van der Waals surface area contributed by atoms with Gasteiger partial charge in [-0.25, -0.2) is 0 Å². The van der Waals surface area contributed by atoms with Crippen molar-refractivity contribution in [1.29, 1.82) is 0 Å². The molecule has 0 radical (unpaired) electrons. The summed E-state index contributed by atoms with van der Waals surface area (Å²) in [6, 6.07) is 7.33. The average molecular weight is 300 g/mol. The van der Waals surface area contributed by atoms with Crippen LogP contribution in [-0.4, -0.2) is 41.5 Å². The van der Waals surface area contributed by atoms with E-state index >= 15 is 0 Å². The molecule has 0 unspecified atom stereocenters. The number of Topliss-reactive ketones (excluding diaryl/α,β-unsaturated/α-hetero) is 1. The van der Waals surface area contributed by atoms with Gasteiger partial charge in [-0.3, -0.25) is 9.69 Å². The zero-order valence-electron chi connectivity index (χ0n) is 10.4. The maximum atomic E-state index is 11.9. The maximum absolute atomic E-state index is 11.9. The summed E-state index contributed by atoms with van der Waals surface area (Å²) < 4.78 is 0.897. The summed E-state index contributed by atoms with van der Waals surface area (Å²) in [7, 11) is 1.83. The number of hydrogen-bond donors (Lipinski definition) is 1. The van der Waals surface area contributed by atoms with Gasteiger partial charge in [0.1, 0.15) is 0 Å². The van der Waals surface area contributed by atoms with Gasteiger partial charge in [-0.1, -0.05) is 28.1 Å². The first kappa shape index (κ1) is 14.4. The van der Waals surface area contributed by atoms with Crippen molar-refractivity contribution >= 4 is 21.7 Å². The number of aliphatic hydroxyl groups is 1. The summed E-state index contributed by atoms with van der Waals surface area (Å²) in [4.78, 5) is 13.8. The Hall–Kier alpha value is -0.710. The second kappa shape index (κ2) is 5.76. The lowest BCUT2D eigenvalue weighted by Gasteiger charge is -2.24. The first-order valence-corrected chi connectivity index (χ1v) is 6.27. The van der Waals surface area contributed by atoms with Crippen LogP contribution in [0.2, 0.25) is 0 Å². The largest absolute Gasteiger partial charge is 0.389 e. The van der Waals surface area contributed by atoms with Crippen LogP contribution in [0, 0.1) is 0 Å². The zero-order chi connectivity index (χ0) is 13.1. The van der Waals surface area contributed by atoms with E-state index in [1.165, 1.54) is 0 Å². The molecule has 0 aliphatic carbocycles. The highest BCUT2D eigenvalue weighted by molar-refractivity contribution is 9.10. The van der Waals surface area contributed by atoms with Crippen molar-refractivity contribution in [2.45, 2.75) is 19.4 Å². The standard InChI is InChI=1S/C13H18BrNO2/c1-13(2,17)9-15(3)8-12(16)10-5-4-6-11(14)7-10/h4-7,17H,8-9H2,1-3H3. The van der Waals surface area contributed by atoms with Gasteiger partial charge in [-0.05, 0) is 33.0 Å². The molecule has 4 heteroatoms. The molecule has 1 aromatic rings. The smallest absolute Gasteiger partial charge is 0.176 e. The predicted molar refractivity (Wildman–Crippen MR) is 72.3 cm³/mol. The van der Waals surface area contributed by atoms with Gasteiger partial charge in [0.05, 0.1) is 12.1 Å². The summed E-state index contributed by atoms with van der Waals surface area (Å²) in [5, 5.41) is 9.66. The Morgan fingerprint density at radius 2 is 2.12 bits per heavy atom. The molecule has 0 spiro atoms. The molecule has 0 heterocycles. The van der Waals surface area contributed by atoms with Gasteiger partial charge in [0, 0.05) is 16.6 Å². The van der Waals surface area contributed by atoms with Crippen LogP contribution >= 0.6 is 15.9 Å². The molecule has 0 aliphatic rings. The van der Waals surface area contributed by atoms with Crippen molar-refractivity contribution in [3.05, 3.63) is 34.3 Å². The third-order valence-corrected chi connectivity index (χ3v) is 2.71. The lowest BCUT2D eigenvalue weighted by atomic mass is 10.1. The Bertz CT molecular complexity index is 399. The Morgan fingerprint density at radius 3 is 2.65 bits per heavy atom. The third kappa shape index (κ3) is 5.44. The minimum absolute atomic E-state index is 0.0538. The molecule has 0 aromatic heterocycles. The van der Waals surface area contributed by atoms with Crippen molar-refractivity contribution < 1.29 is 9.90 Å². The van der Waals surface area contributed by atoms with E-state index in [-0.39, 0.29) is 5.78 Å². The second-order valence-corrected chi connectivity index (χ2v) is 5.83. The molecule has 0 amide bonds. The fourth-order valence-corrected chi connectivity index (χ4v) is 2.11. The first-order valence-electron chi connectivity index (χ1n) is 5.47. The number of carbonyl (C=O) groups is 1. The number of ketones is 1. The molecule has 0 aliphatic heterocycles. The first-order chi connectivity index (χ1) is 7.78. The van der Waals surface area contributed by atoms with Crippen LogP contribution in [0.3, 0.4) is 0 Å². The van der Waals surface area contributed by atoms with Gasteiger partial charge in [0.25, 0.3) is 0 Å². The van der Waals surface area contributed by atoms with Gasteiger partial charge in [0.15, 0.2) is 5.78 Å². The van der Waals surface area contributed by atoms with Crippen molar-refractivity contribution in [1.82, 2.24) is 4.90 Å². The van der Waals surface area contributed by atoms with Crippen LogP contribution < -0.4 is 0 Å². The number of halogens is 1. The van der Waals surface area contributed by atoms with E-state index in [0.717, 1.165) is 4.47 Å². The fourth-order valence-electron chi connectivity index (χ4n) is 1.71. The fraction of sp³-hybridized carbons (Fsp3) is 0.462. The molecule has 0 fully saturated rings. The quantitative estimate of drug-likeness (QED) is 0.849. The van der Waals surface area contributed by atoms with Crippen LogP contribution in [0.1, 0.15) is 24.2 Å². The van der Waals surface area contributed by atoms with Gasteiger partial charge in [0.2, 0.25) is 0 Å². The molecule has 1 aromatic carbocycles. The molecular formula is C13H18BrNO2. The number of carbonyl (C=O) groups excluding carboxylic acids is 1. The summed E-state index contributed by atoms with van der Waals surface area (Å²) >= 11 is 3.34. The lowest BCUT2D eigenvalue weighted by Crippen LogP contribution is -2.38. The van der Waals surface area contributed by atoms with E-state index in [1.807, 2.05) is 24.1 Å². The van der Waals surface area contributed by atoms with Crippen LogP contribution in [0.5, 0.6) is 0 Å². The van der Waals surface area contributed by atoms with E-state index in [4.69, 9.17) is 0 Å². The SMILES string of the molecule is CN(CC(=O)c1cccc(Br)c1)CC(C)(C)O. The van der Waals surface area contributed by atoms with Crippen LogP contribution in [-0.2, 0) is 0 Å². The highest BCUT2D eigenvalue weighted by atomic mass is 79.9. The maximum Gasteiger partial charge on any atom is 0.176 e. The molecule has 94 valence electrons. The Labute approximate surface area is 111 Å². The number of rotatable bonds is 5. The van der Waals surface area contributed by atoms with Crippen molar-refractivity contribution in [3.63, 3.8) is 0 Å². The van der Waals surface area contributed by atoms with E-state index < -0.39 is 5.60 Å². The summed E-state index contributed by atoms with van der Waals surface area (Å²) in [6.45, 7) is 4.23. The molecule has 0 saturated carbocycles. The molecule has 17 heavy (non-hydrogen) atoms. The molecule has 0 atom stereocenters. The van der Waals surface area contributed by atoms with Gasteiger partial charge in [-0.2, -0.15) is 0 Å². The third-order valence-electron chi connectivity index (χ3n) is 2.22. The van der Waals surface area contributed by atoms with E-state index in [2.05, 4.69) is 15.9 Å². The van der Waals surface area contributed by atoms with Crippen LogP contribution in [0.25, 0.3) is 0 Å². The zero-order valence-corrected chi connectivity index (χ0v) is 12.0. The Kier molecular flexibility index (Phi) is 4.86. The topological polar surface area (TPSA) is 40.5 Å². The lowest BCUT2D eigenvalue weighted by molar-refractivity contribution is 0.0439. The molecule has 3 nitrogen and oxygen atoms in total. The van der Waals surface area contributed by atoms with E-state index in [0.29, 0.717) is 18.7 Å². The van der Waals surface area contributed by atoms with Crippen LogP contribution in [0.4, 0.5) is 0 Å². The average Bonchev–Trinajstić information content (AvgIpc) is 2.14. The minimum atomic E-state index is -0.785. The monoisotopic (exact) mass is 299 g/mol. The number of hydrogen-bond acceptors (Lipinski definition) is 3. The van der Waals surface area contributed by atoms with E-state index in [9.17, 15) is 9.90 Å². The molecule has 1 N–H and O–H groups in total. The van der Waals surface area contributed by atoms with Crippen molar-refractivity contribution in [3.8, 4) is 0 Å². The van der Waals surface area contributed by atoms with Gasteiger partial charge < -0.3 is 5.11 Å². The summed E-state index contributed by atoms with van der Waals surface area (Å²) in [6.07, 6.45) is 0. The molecular weight excluding hydrogens is 282 g/mol. The molecule has 1 rings (SSSR count). The predicted octanol–water partition coefficient (Wildman–Crippen LogP) is 2.33. The summed E-state index contributed by atoms with van der Waals surface area (Å²) in [5.41, 5.74) is -0.103. The second-order valence-electron chi connectivity index (χ2n) is 4.92. The van der Waals surface area contributed by atoms with E-state index in [1.54, 1.807) is 26.0 Å². The molecule has 0 bridgehead atoms. The van der Waals surface area contributed by atoms with Crippen molar-refractivity contribution in [2.75, 3.05) is 20.1 Å². The Balaban J connectivity index is 2.61. The number of likely N-dealkylation sites (N-methyl/N-ethyl adjacent to an activating group) is 1. The molecule has 0 saturated heterocycles. The van der Waals surface area contributed by atoms with Gasteiger partial charge in [-0.15, -0.1) is 0 Å². The number of benzene rings is 1. The number of nitrogens with zero attached hydrogens (tertiary/aromatic N) is 1.